The second-order valence-corrected chi connectivity index (χ2v) is 7.44. The van der Waals surface area contributed by atoms with Gasteiger partial charge in [0.1, 0.15) is 6.61 Å². The molecule has 0 spiro atoms. The summed E-state index contributed by atoms with van der Waals surface area (Å²) in [6.45, 7) is 6.52. The number of benzene rings is 2. The average molecular weight is 566 g/mol. The minimum Gasteiger partial charge on any atom is -0.493 e. The third kappa shape index (κ3) is 7.26. The lowest BCUT2D eigenvalue weighted by Crippen LogP contribution is -2.38. The standard InChI is InChI=1S/C25H34N4O3.HI/c1-4-19-7-6-8-21-20(17-28-24(19)21)11-12-27-25(26-5-2)29-16-18-9-10-22(32-14-13-30)23(15-18)31-3;/h6-10,15,17,28,30H,4-5,11-14,16H2,1-3H3,(H2,26,27,29);1H. The van der Waals surface area contributed by atoms with Crippen LogP contribution in [0.25, 0.3) is 10.9 Å². The van der Waals surface area contributed by atoms with Gasteiger partial charge < -0.3 is 30.2 Å². The summed E-state index contributed by atoms with van der Waals surface area (Å²) in [6.07, 6.45) is 4.04. The molecule has 8 heteroatoms. The fourth-order valence-corrected chi connectivity index (χ4v) is 3.69. The number of aliphatic hydroxyl groups is 1. The topological polar surface area (TPSA) is 90.9 Å². The van der Waals surface area contributed by atoms with Crippen LogP contribution < -0.4 is 20.1 Å². The van der Waals surface area contributed by atoms with E-state index in [1.54, 1.807) is 7.11 Å². The van der Waals surface area contributed by atoms with Crippen LogP contribution >= 0.6 is 24.0 Å². The van der Waals surface area contributed by atoms with Gasteiger partial charge in [-0.3, -0.25) is 0 Å². The molecule has 1 aromatic heterocycles. The molecule has 0 bridgehead atoms. The number of halogens is 1. The van der Waals surface area contributed by atoms with E-state index in [1.165, 1.54) is 22.0 Å². The molecule has 180 valence electrons. The van der Waals surface area contributed by atoms with Crippen molar-refractivity contribution in [1.29, 1.82) is 0 Å². The number of nitrogens with zero attached hydrogens (tertiary/aromatic N) is 1. The molecule has 0 atom stereocenters. The molecule has 0 saturated carbocycles. The molecule has 7 nitrogen and oxygen atoms in total. The average Bonchev–Trinajstić information content (AvgIpc) is 3.24. The number of guanidine groups is 1. The summed E-state index contributed by atoms with van der Waals surface area (Å²) >= 11 is 0. The molecule has 0 fully saturated rings. The van der Waals surface area contributed by atoms with Gasteiger partial charge in [0.25, 0.3) is 0 Å². The molecule has 0 saturated heterocycles. The summed E-state index contributed by atoms with van der Waals surface area (Å²) in [7, 11) is 1.61. The van der Waals surface area contributed by atoms with Crippen LogP contribution in [0.3, 0.4) is 0 Å². The van der Waals surface area contributed by atoms with Gasteiger partial charge in [0.05, 0.1) is 20.3 Å². The van der Waals surface area contributed by atoms with Crippen molar-refractivity contribution in [2.75, 3.05) is 33.4 Å². The van der Waals surface area contributed by atoms with E-state index in [9.17, 15) is 0 Å². The third-order valence-corrected chi connectivity index (χ3v) is 5.30. The molecule has 33 heavy (non-hydrogen) atoms. The number of rotatable bonds is 11. The van der Waals surface area contributed by atoms with Crippen LogP contribution in [0.2, 0.25) is 0 Å². The van der Waals surface area contributed by atoms with Crippen LogP contribution in [0.1, 0.15) is 30.5 Å². The van der Waals surface area contributed by atoms with Gasteiger partial charge in [-0.25, -0.2) is 4.99 Å². The zero-order chi connectivity index (χ0) is 22.8. The molecule has 1 heterocycles. The molecular weight excluding hydrogens is 531 g/mol. The number of aliphatic hydroxyl groups excluding tert-OH is 1. The van der Waals surface area contributed by atoms with E-state index in [0.717, 1.165) is 37.5 Å². The van der Waals surface area contributed by atoms with E-state index in [-0.39, 0.29) is 37.2 Å². The van der Waals surface area contributed by atoms with Gasteiger partial charge in [0, 0.05) is 30.2 Å². The van der Waals surface area contributed by atoms with Crippen molar-refractivity contribution in [3.05, 3.63) is 59.3 Å². The van der Waals surface area contributed by atoms with Crippen LogP contribution in [0.4, 0.5) is 0 Å². The number of para-hydroxylation sites is 1. The summed E-state index contributed by atoms with van der Waals surface area (Å²) < 4.78 is 10.9. The third-order valence-electron chi connectivity index (χ3n) is 5.30. The van der Waals surface area contributed by atoms with Crippen LogP contribution in [0.15, 0.2) is 47.6 Å². The maximum Gasteiger partial charge on any atom is 0.191 e. The summed E-state index contributed by atoms with van der Waals surface area (Å²) in [5, 5.41) is 17.0. The lowest BCUT2D eigenvalue weighted by atomic mass is 10.1. The number of aryl methyl sites for hydroxylation is 1. The number of aliphatic imine (C=N–C) groups is 1. The van der Waals surface area contributed by atoms with Gasteiger partial charge in [-0.15, -0.1) is 24.0 Å². The highest BCUT2D eigenvalue weighted by atomic mass is 127. The summed E-state index contributed by atoms with van der Waals surface area (Å²) in [5.74, 6) is 2.03. The Labute approximate surface area is 213 Å². The van der Waals surface area contributed by atoms with Crippen LogP contribution in [0, 0.1) is 0 Å². The molecule has 0 aliphatic rings. The largest absolute Gasteiger partial charge is 0.493 e. The van der Waals surface area contributed by atoms with Crippen molar-refractivity contribution in [1.82, 2.24) is 15.6 Å². The first kappa shape index (κ1) is 26.8. The summed E-state index contributed by atoms with van der Waals surface area (Å²) in [4.78, 5) is 8.15. The predicted octanol–water partition coefficient (Wildman–Crippen LogP) is 4.03. The molecule has 0 aliphatic heterocycles. The van der Waals surface area contributed by atoms with Gasteiger partial charge >= 0.3 is 0 Å². The highest BCUT2D eigenvalue weighted by Crippen LogP contribution is 2.28. The molecule has 0 unspecified atom stereocenters. The number of ether oxygens (including phenoxy) is 2. The number of aromatic nitrogens is 1. The predicted molar refractivity (Wildman–Crippen MR) is 145 cm³/mol. The zero-order valence-electron chi connectivity index (χ0n) is 19.6. The molecule has 0 aliphatic carbocycles. The highest BCUT2D eigenvalue weighted by Gasteiger charge is 2.08. The SMILES string of the molecule is CCNC(=NCc1ccc(OCCO)c(OC)c1)NCCc1c[nH]c2c(CC)cccc12.I. The Balaban J connectivity index is 0.00000385. The Kier molecular flexibility index (Phi) is 11.3. The van der Waals surface area contributed by atoms with E-state index in [0.29, 0.717) is 18.0 Å². The van der Waals surface area contributed by atoms with Crippen LogP contribution in [-0.4, -0.2) is 49.5 Å². The minimum atomic E-state index is -0.0365. The summed E-state index contributed by atoms with van der Waals surface area (Å²) in [6, 6.07) is 12.2. The van der Waals surface area contributed by atoms with Gasteiger partial charge in [-0.1, -0.05) is 31.2 Å². The first-order valence-corrected chi connectivity index (χ1v) is 11.2. The second kappa shape index (κ2) is 13.9. The lowest BCUT2D eigenvalue weighted by Gasteiger charge is -2.13. The number of hydrogen-bond acceptors (Lipinski definition) is 4. The maximum atomic E-state index is 8.95. The van der Waals surface area contributed by atoms with Gasteiger partial charge in [-0.2, -0.15) is 0 Å². The minimum absolute atomic E-state index is 0. The molecule has 4 N–H and O–H groups in total. The number of H-pyrrole nitrogens is 1. The normalized spacial score (nSPS) is 11.2. The molecule has 3 aromatic rings. The Morgan fingerprint density at radius 3 is 2.67 bits per heavy atom. The summed E-state index contributed by atoms with van der Waals surface area (Å²) in [5.41, 5.74) is 4.91. The van der Waals surface area contributed by atoms with E-state index >= 15 is 0 Å². The first-order chi connectivity index (χ1) is 15.7. The molecule has 0 amide bonds. The zero-order valence-corrected chi connectivity index (χ0v) is 21.9. The molecular formula is C25H35IN4O3. The molecule has 2 aromatic carbocycles. The van der Waals surface area contributed by atoms with E-state index < -0.39 is 0 Å². The Hall–Kier alpha value is -2.46. The van der Waals surface area contributed by atoms with Crippen molar-refractivity contribution in [2.24, 2.45) is 4.99 Å². The van der Waals surface area contributed by atoms with Gasteiger partial charge in [0.2, 0.25) is 0 Å². The van der Waals surface area contributed by atoms with Crippen LogP contribution in [-0.2, 0) is 19.4 Å². The van der Waals surface area contributed by atoms with Crippen molar-refractivity contribution in [2.45, 2.75) is 33.2 Å². The Bertz CT molecular complexity index is 1040. The smallest absolute Gasteiger partial charge is 0.191 e. The van der Waals surface area contributed by atoms with E-state index in [1.807, 2.05) is 18.2 Å². The number of fused-ring (bicyclic) bond motifs is 1. The fraction of sp³-hybridized carbons (Fsp3) is 0.400. The number of aromatic amines is 1. The Morgan fingerprint density at radius 1 is 1.09 bits per heavy atom. The van der Waals surface area contributed by atoms with E-state index in [2.05, 4.69) is 53.9 Å². The monoisotopic (exact) mass is 566 g/mol. The lowest BCUT2D eigenvalue weighted by molar-refractivity contribution is 0.196. The van der Waals surface area contributed by atoms with Crippen molar-refractivity contribution >= 4 is 40.8 Å². The van der Waals surface area contributed by atoms with Crippen molar-refractivity contribution in [3.63, 3.8) is 0 Å². The van der Waals surface area contributed by atoms with Crippen LogP contribution in [0.5, 0.6) is 11.5 Å². The number of methoxy groups -OCH3 is 1. The molecule has 0 radical (unpaired) electrons. The second-order valence-electron chi connectivity index (χ2n) is 7.44. The molecule has 3 rings (SSSR count). The van der Waals surface area contributed by atoms with Crippen molar-refractivity contribution < 1.29 is 14.6 Å². The quantitative estimate of drug-likeness (QED) is 0.160. The first-order valence-electron chi connectivity index (χ1n) is 11.2. The Morgan fingerprint density at radius 2 is 1.94 bits per heavy atom. The number of nitrogens with one attached hydrogen (secondary N) is 3. The van der Waals surface area contributed by atoms with Gasteiger partial charge in [0.15, 0.2) is 17.5 Å². The van der Waals surface area contributed by atoms with Gasteiger partial charge in [-0.05, 0) is 48.6 Å². The highest BCUT2D eigenvalue weighted by molar-refractivity contribution is 14.0. The fourth-order valence-electron chi connectivity index (χ4n) is 3.69. The maximum absolute atomic E-state index is 8.95. The van der Waals surface area contributed by atoms with Crippen molar-refractivity contribution in [3.8, 4) is 11.5 Å². The number of hydrogen-bond donors (Lipinski definition) is 4. The van der Waals surface area contributed by atoms with E-state index in [4.69, 9.17) is 19.6 Å².